The fraction of sp³-hybridized carbons (Fsp3) is 0.100. The van der Waals surface area contributed by atoms with Crippen LogP contribution in [0, 0.1) is 30.1 Å². The van der Waals surface area contributed by atoms with E-state index in [0.29, 0.717) is 16.8 Å². The molecule has 188 valence electrons. The monoisotopic (exact) mass is 520 g/mol. The van der Waals surface area contributed by atoms with Crippen molar-refractivity contribution in [1.82, 2.24) is 0 Å². The van der Waals surface area contributed by atoms with Crippen LogP contribution in [0.15, 0.2) is 106 Å². The molecule has 0 aliphatic rings. The van der Waals surface area contributed by atoms with Gasteiger partial charge in [0.1, 0.15) is 10.6 Å². The highest BCUT2D eigenvalue weighted by molar-refractivity contribution is 7.87. The highest BCUT2D eigenvalue weighted by Crippen LogP contribution is 2.33. The van der Waals surface area contributed by atoms with Gasteiger partial charge in [0.15, 0.2) is 5.75 Å². The SMILES string of the molecule is Cc1ccc(S(=O)(=O)Oc2cc(C#Cc3ccc(N(C)C)cc3)ccc2N=Nc2ccc(C#N)cc2)cc1. The van der Waals surface area contributed by atoms with Crippen LogP contribution in [0.4, 0.5) is 17.1 Å². The zero-order chi connectivity index (χ0) is 27.1. The maximum atomic E-state index is 13.0. The van der Waals surface area contributed by atoms with Crippen LogP contribution in [0.25, 0.3) is 0 Å². The number of nitrogens with zero attached hydrogens (tertiary/aromatic N) is 4. The zero-order valence-corrected chi connectivity index (χ0v) is 21.9. The van der Waals surface area contributed by atoms with Crippen LogP contribution in [-0.2, 0) is 10.1 Å². The molecule has 38 heavy (non-hydrogen) atoms. The number of hydrogen-bond donors (Lipinski definition) is 0. The lowest BCUT2D eigenvalue weighted by Gasteiger charge is -2.11. The van der Waals surface area contributed by atoms with Crippen LogP contribution in [0.2, 0.25) is 0 Å². The summed E-state index contributed by atoms with van der Waals surface area (Å²) < 4.78 is 31.6. The molecule has 0 N–H and O–H groups in total. The van der Waals surface area contributed by atoms with Crippen LogP contribution in [0.1, 0.15) is 22.3 Å². The molecule has 7 nitrogen and oxygen atoms in total. The molecule has 4 rings (SSSR count). The maximum absolute atomic E-state index is 13.0. The molecule has 8 heteroatoms. The summed E-state index contributed by atoms with van der Waals surface area (Å²) in [6.07, 6.45) is 0. The maximum Gasteiger partial charge on any atom is 0.339 e. The third kappa shape index (κ3) is 6.64. The highest BCUT2D eigenvalue weighted by Gasteiger charge is 2.19. The number of benzene rings is 4. The number of hydrogen-bond acceptors (Lipinski definition) is 7. The van der Waals surface area contributed by atoms with E-state index < -0.39 is 10.1 Å². The van der Waals surface area contributed by atoms with Gasteiger partial charge in [-0.3, -0.25) is 0 Å². The zero-order valence-electron chi connectivity index (χ0n) is 21.1. The molecule has 0 saturated carbocycles. The minimum absolute atomic E-state index is 0.00211. The molecule has 0 bridgehead atoms. The van der Waals surface area contributed by atoms with Gasteiger partial charge in [-0.05, 0) is 85.8 Å². The van der Waals surface area contributed by atoms with E-state index in [1.165, 1.54) is 18.2 Å². The van der Waals surface area contributed by atoms with Crippen molar-refractivity contribution in [3.05, 3.63) is 113 Å². The highest BCUT2D eigenvalue weighted by atomic mass is 32.2. The third-order valence-electron chi connectivity index (χ3n) is 5.47. The second-order valence-corrected chi connectivity index (χ2v) is 10.1. The van der Waals surface area contributed by atoms with E-state index in [4.69, 9.17) is 9.44 Å². The summed E-state index contributed by atoms with van der Waals surface area (Å²) >= 11 is 0. The molecule has 0 saturated heterocycles. The first-order chi connectivity index (χ1) is 18.2. The molecule has 0 atom stereocenters. The van der Waals surface area contributed by atoms with Gasteiger partial charge in [-0.25, -0.2) is 0 Å². The Morgan fingerprint density at radius 3 is 2.00 bits per heavy atom. The normalized spacial score (nSPS) is 10.9. The molecule has 0 spiro atoms. The molecule has 0 heterocycles. The van der Waals surface area contributed by atoms with Crippen molar-refractivity contribution in [2.45, 2.75) is 11.8 Å². The number of aryl methyl sites for hydroxylation is 1. The second kappa shape index (κ2) is 11.4. The summed E-state index contributed by atoms with van der Waals surface area (Å²) in [5.74, 6) is 6.14. The molecule has 0 unspecified atom stereocenters. The lowest BCUT2D eigenvalue weighted by atomic mass is 10.1. The Morgan fingerprint density at radius 1 is 0.763 bits per heavy atom. The Labute approximate surface area is 222 Å². The summed E-state index contributed by atoms with van der Waals surface area (Å²) in [7, 11) is -0.201. The van der Waals surface area contributed by atoms with Crippen LogP contribution < -0.4 is 9.08 Å². The lowest BCUT2D eigenvalue weighted by Crippen LogP contribution is -2.10. The number of nitriles is 1. The summed E-state index contributed by atoms with van der Waals surface area (Å²) in [4.78, 5) is 2.02. The van der Waals surface area contributed by atoms with Crippen LogP contribution in [0.5, 0.6) is 5.75 Å². The molecule has 0 aliphatic carbocycles. The largest absolute Gasteiger partial charge is 0.378 e. The van der Waals surface area contributed by atoms with Gasteiger partial charge >= 0.3 is 10.1 Å². The Morgan fingerprint density at radius 2 is 1.37 bits per heavy atom. The summed E-state index contributed by atoms with van der Waals surface area (Å²) in [5.41, 5.74) is 4.56. The molecule has 0 radical (unpaired) electrons. The predicted octanol–water partition coefficient (Wildman–Crippen LogP) is 6.52. The van der Waals surface area contributed by atoms with E-state index >= 15 is 0 Å². The molecule has 0 aromatic heterocycles. The first-order valence-corrected chi connectivity index (χ1v) is 13.0. The van der Waals surface area contributed by atoms with E-state index in [0.717, 1.165) is 16.8 Å². The molecular formula is C30H24N4O3S. The van der Waals surface area contributed by atoms with Crippen molar-refractivity contribution in [1.29, 1.82) is 5.26 Å². The third-order valence-corrected chi connectivity index (χ3v) is 6.72. The molecule has 4 aromatic carbocycles. The molecule has 0 amide bonds. The van der Waals surface area contributed by atoms with E-state index in [9.17, 15) is 8.42 Å². The van der Waals surface area contributed by atoms with Crippen molar-refractivity contribution < 1.29 is 12.6 Å². The van der Waals surface area contributed by atoms with Gasteiger partial charge in [-0.2, -0.15) is 18.8 Å². The van der Waals surface area contributed by atoms with Crippen molar-refractivity contribution in [3.8, 4) is 23.7 Å². The molecule has 0 aliphatic heterocycles. The summed E-state index contributed by atoms with van der Waals surface area (Å²) in [6, 6.07) is 27.6. The van der Waals surface area contributed by atoms with Gasteiger partial charge < -0.3 is 9.08 Å². The molecule has 0 fully saturated rings. The summed E-state index contributed by atoms with van der Waals surface area (Å²) in [5, 5.41) is 17.4. The molecular weight excluding hydrogens is 496 g/mol. The van der Waals surface area contributed by atoms with E-state index in [-0.39, 0.29) is 16.3 Å². The topological polar surface area (TPSA) is 95.1 Å². The quantitative estimate of drug-likeness (QED) is 0.164. The van der Waals surface area contributed by atoms with Gasteiger partial charge in [0, 0.05) is 30.9 Å². The predicted molar refractivity (Wildman–Crippen MR) is 148 cm³/mol. The fourth-order valence-corrected chi connectivity index (χ4v) is 4.25. The molecule has 4 aromatic rings. The van der Waals surface area contributed by atoms with Crippen molar-refractivity contribution in [2.24, 2.45) is 10.2 Å². The fourth-order valence-electron chi connectivity index (χ4n) is 3.31. The summed E-state index contributed by atoms with van der Waals surface area (Å²) in [6.45, 7) is 1.87. The standard InChI is InChI=1S/C30H24N4O3S/c1-22-4-17-28(18-5-22)38(35,36)37-30-20-24(7-6-23-10-15-27(16-11-23)34(2)3)12-19-29(30)33-32-26-13-8-25(21-31)9-14-26/h4-5,8-20H,1-3H3. The Hall–Kier alpha value is -4.92. The minimum atomic E-state index is -4.13. The number of rotatable bonds is 6. The first-order valence-electron chi connectivity index (χ1n) is 11.6. The van der Waals surface area contributed by atoms with Crippen LogP contribution in [0.3, 0.4) is 0 Å². The van der Waals surface area contributed by atoms with Crippen molar-refractivity contribution in [3.63, 3.8) is 0 Å². The Kier molecular flexibility index (Phi) is 7.86. The van der Waals surface area contributed by atoms with Crippen LogP contribution >= 0.6 is 0 Å². The van der Waals surface area contributed by atoms with E-state index in [1.807, 2.05) is 56.3 Å². The smallest absolute Gasteiger partial charge is 0.339 e. The average Bonchev–Trinajstić information content (AvgIpc) is 2.92. The van der Waals surface area contributed by atoms with Gasteiger partial charge in [-0.15, -0.1) is 5.11 Å². The Bertz CT molecular complexity index is 1670. The minimum Gasteiger partial charge on any atom is -0.378 e. The van der Waals surface area contributed by atoms with Crippen LogP contribution in [-0.4, -0.2) is 22.5 Å². The second-order valence-electron chi connectivity index (χ2n) is 8.58. The van der Waals surface area contributed by atoms with E-state index in [1.54, 1.807) is 48.5 Å². The number of azo groups is 1. The lowest BCUT2D eigenvalue weighted by molar-refractivity contribution is 0.486. The van der Waals surface area contributed by atoms with E-state index in [2.05, 4.69) is 22.1 Å². The van der Waals surface area contributed by atoms with Crippen molar-refractivity contribution in [2.75, 3.05) is 19.0 Å². The Balaban J connectivity index is 1.68. The van der Waals surface area contributed by atoms with Gasteiger partial charge in [0.25, 0.3) is 0 Å². The first kappa shape index (κ1) is 26.2. The van der Waals surface area contributed by atoms with Crippen molar-refractivity contribution >= 4 is 27.2 Å². The van der Waals surface area contributed by atoms with Gasteiger partial charge in [-0.1, -0.05) is 29.5 Å². The number of anilines is 1. The average molecular weight is 521 g/mol. The van der Waals surface area contributed by atoms with Gasteiger partial charge in [0.05, 0.1) is 17.3 Å². The van der Waals surface area contributed by atoms with Gasteiger partial charge in [0.2, 0.25) is 0 Å².